The summed E-state index contributed by atoms with van der Waals surface area (Å²) in [5.74, 6) is 6.74. The topological polar surface area (TPSA) is 107 Å². The number of nitrogens with two attached hydrogens (primary N) is 1. The Kier molecular flexibility index (Phi) is 17.0. The maximum absolute atomic E-state index is 11.3. The Morgan fingerprint density at radius 1 is 0.833 bits per heavy atom. The number of amides is 1. The third kappa shape index (κ3) is 13.4. The second-order valence-corrected chi connectivity index (χ2v) is 6.35. The minimum Gasteiger partial charge on any atom is -0.497 e. The van der Waals surface area contributed by atoms with Gasteiger partial charge in [0.05, 0.1) is 19.9 Å². The van der Waals surface area contributed by atoms with Gasteiger partial charge in [0.15, 0.2) is 0 Å². The van der Waals surface area contributed by atoms with Gasteiger partial charge in [-0.05, 0) is 69.3 Å². The van der Waals surface area contributed by atoms with E-state index in [0.29, 0.717) is 0 Å². The standard InChI is InChI=1S/C12H18N2O3.C7H10N2O.2CH4.ClH/c1-12(2,3)17-11(15)14-13-9-5-7-10(16-4)8-6-9;1-10-7-4-2-6(9-8)3-5-7;;;/h5-8,13H,1-4H3,(H,14,15);2-5,9H,8H2,1H3;2*1H4;1H. The molecule has 1 amide bonds. The quantitative estimate of drug-likeness (QED) is 0.369. The molecule has 30 heavy (non-hydrogen) atoms. The van der Waals surface area contributed by atoms with Gasteiger partial charge in [0.2, 0.25) is 0 Å². The number of hydrogen-bond acceptors (Lipinski definition) is 7. The van der Waals surface area contributed by atoms with Gasteiger partial charge in [-0.25, -0.2) is 10.2 Å². The highest BCUT2D eigenvalue weighted by Crippen LogP contribution is 2.14. The number of rotatable bonds is 5. The van der Waals surface area contributed by atoms with Crippen molar-refractivity contribution in [2.24, 2.45) is 5.84 Å². The van der Waals surface area contributed by atoms with Gasteiger partial charge in [-0.3, -0.25) is 11.3 Å². The zero-order chi connectivity index (χ0) is 20.3. The molecule has 0 unspecified atom stereocenters. The maximum atomic E-state index is 11.3. The third-order valence-corrected chi connectivity index (χ3v) is 3.05. The van der Waals surface area contributed by atoms with E-state index in [1.54, 1.807) is 59.3 Å². The summed E-state index contributed by atoms with van der Waals surface area (Å²) in [6.45, 7) is 5.42. The average molecular weight is 445 g/mol. The zero-order valence-electron chi connectivity index (χ0n) is 16.7. The highest BCUT2D eigenvalue weighted by Gasteiger charge is 2.15. The van der Waals surface area contributed by atoms with E-state index in [9.17, 15) is 4.79 Å². The minimum atomic E-state index is -0.520. The van der Waals surface area contributed by atoms with Gasteiger partial charge >= 0.3 is 6.09 Å². The molecule has 2 aromatic rings. The highest BCUT2D eigenvalue weighted by atomic mass is 35.5. The molecular weight excluding hydrogens is 408 g/mol. The molecule has 0 fully saturated rings. The first-order chi connectivity index (χ1) is 12.8. The van der Waals surface area contributed by atoms with E-state index in [2.05, 4.69) is 16.3 Å². The molecule has 0 bridgehead atoms. The SMILES string of the molecule is C.C.COc1ccc(NN)cc1.COc1ccc(NNC(=O)OC(C)(C)C)cc1.Cl. The Morgan fingerprint density at radius 2 is 1.23 bits per heavy atom. The maximum Gasteiger partial charge on any atom is 0.426 e. The summed E-state index contributed by atoms with van der Waals surface area (Å²) >= 11 is 0. The van der Waals surface area contributed by atoms with Crippen molar-refractivity contribution < 1.29 is 19.0 Å². The molecule has 0 saturated carbocycles. The molecule has 2 rings (SSSR count). The van der Waals surface area contributed by atoms with E-state index in [1.165, 1.54) is 0 Å². The second kappa shape index (κ2) is 16.0. The lowest BCUT2D eigenvalue weighted by molar-refractivity contribution is 0.0541. The molecule has 172 valence electrons. The number of carbonyl (C=O) groups excluding carboxylic acids is 1. The van der Waals surface area contributed by atoms with Crippen LogP contribution in [0.2, 0.25) is 0 Å². The van der Waals surface area contributed by atoms with Gasteiger partial charge < -0.3 is 19.6 Å². The monoisotopic (exact) mass is 444 g/mol. The first-order valence-electron chi connectivity index (χ1n) is 8.27. The zero-order valence-corrected chi connectivity index (χ0v) is 17.6. The lowest BCUT2D eigenvalue weighted by Gasteiger charge is -2.20. The van der Waals surface area contributed by atoms with Crippen LogP contribution in [0.1, 0.15) is 35.6 Å². The van der Waals surface area contributed by atoms with Crippen LogP contribution in [-0.2, 0) is 4.74 Å². The Morgan fingerprint density at radius 3 is 1.57 bits per heavy atom. The number of hydrazine groups is 2. The summed E-state index contributed by atoms with van der Waals surface area (Å²) in [5, 5.41) is 0. The molecular formula is C21H37ClN4O4. The van der Waals surface area contributed by atoms with Crippen LogP contribution >= 0.6 is 12.4 Å². The molecule has 8 nitrogen and oxygen atoms in total. The molecule has 0 aliphatic rings. The van der Waals surface area contributed by atoms with E-state index in [1.807, 2.05) is 24.3 Å². The molecule has 0 saturated heterocycles. The predicted molar refractivity (Wildman–Crippen MR) is 128 cm³/mol. The smallest absolute Gasteiger partial charge is 0.426 e. The lowest BCUT2D eigenvalue weighted by Crippen LogP contribution is -2.35. The van der Waals surface area contributed by atoms with Crippen LogP contribution in [0.25, 0.3) is 0 Å². The fourth-order valence-corrected chi connectivity index (χ4v) is 1.79. The van der Waals surface area contributed by atoms with Crippen LogP contribution in [0, 0.1) is 0 Å². The minimum absolute atomic E-state index is 0. The number of carbonyl (C=O) groups is 1. The summed E-state index contributed by atoms with van der Waals surface area (Å²) in [7, 11) is 3.23. The first kappa shape index (κ1) is 31.8. The third-order valence-electron chi connectivity index (χ3n) is 3.05. The highest BCUT2D eigenvalue weighted by molar-refractivity contribution is 5.85. The molecule has 0 radical (unpaired) electrons. The normalized spacial score (nSPS) is 9.00. The van der Waals surface area contributed by atoms with Gasteiger partial charge in [-0.2, -0.15) is 0 Å². The molecule has 9 heteroatoms. The van der Waals surface area contributed by atoms with Crippen LogP contribution in [-0.4, -0.2) is 25.9 Å². The number of ether oxygens (including phenoxy) is 3. The molecule has 0 atom stereocenters. The molecule has 0 aromatic heterocycles. The van der Waals surface area contributed by atoms with E-state index in [0.717, 1.165) is 22.9 Å². The molecule has 2 aromatic carbocycles. The first-order valence-corrected chi connectivity index (χ1v) is 8.27. The number of anilines is 2. The van der Waals surface area contributed by atoms with Crippen molar-refractivity contribution in [1.82, 2.24) is 5.43 Å². The molecule has 0 aliphatic heterocycles. The van der Waals surface area contributed by atoms with Gasteiger partial charge in [-0.15, -0.1) is 12.4 Å². The van der Waals surface area contributed by atoms with Crippen molar-refractivity contribution in [3.8, 4) is 11.5 Å². The predicted octanol–water partition coefficient (Wildman–Crippen LogP) is 5.22. The number of nitrogen functional groups attached to an aromatic ring is 1. The van der Waals surface area contributed by atoms with E-state index in [4.69, 9.17) is 20.1 Å². The number of benzene rings is 2. The van der Waals surface area contributed by atoms with Gasteiger partial charge in [0.25, 0.3) is 0 Å². The summed E-state index contributed by atoms with van der Waals surface area (Å²) in [4.78, 5) is 11.3. The number of nitrogens with one attached hydrogen (secondary N) is 3. The number of halogens is 1. The van der Waals surface area contributed by atoms with Gasteiger partial charge in [0.1, 0.15) is 17.1 Å². The van der Waals surface area contributed by atoms with E-state index >= 15 is 0 Å². The molecule has 0 aliphatic carbocycles. The van der Waals surface area contributed by atoms with E-state index in [-0.39, 0.29) is 27.3 Å². The Balaban J connectivity index is -0.000000488. The van der Waals surface area contributed by atoms with Crippen LogP contribution < -0.4 is 31.6 Å². The summed E-state index contributed by atoms with van der Waals surface area (Å²) in [5.41, 5.74) is 8.82. The number of hydrogen-bond donors (Lipinski definition) is 4. The van der Waals surface area contributed by atoms with Crippen LogP contribution in [0.5, 0.6) is 11.5 Å². The van der Waals surface area contributed by atoms with Crippen molar-refractivity contribution in [2.45, 2.75) is 41.2 Å². The van der Waals surface area contributed by atoms with Crippen LogP contribution in [0.15, 0.2) is 48.5 Å². The van der Waals surface area contributed by atoms with Crippen molar-refractivity contribution in [2.75, 3.05) is 25.1 Å². The largest absolute Gasteiger partial charge is 0.497 e. The number of methoxy groups -OCH3 is 2. The van der Waals surface area contributed by atoms with Crippen molar-refractivity contribution in [1.29, 1.82) is 0 Å². The van der Waals surface area contributed by atoms with Gasteiger partial charge in [-0.1, -0.05) is 14.9 Å². The fourth-order valence-electron chi connectivity index (χ4n) is 1.79. The van der Waals surface area contributed by atoms with Crippen LogP contribution in [0.4, 0.5) is 16.2 Å². The summed E-state index contributed by atoms with van der Waals surface area (Å²) in [6.07, 6.45) is -0.520. The second-order valence-electron chi connectivity index (χ2n) is 6.35. The Bertz CT molecular complexity index is 667. The Hall–Kier alpha value is -2.84. The lowest BCUT2D eigenvalue weighted by atomic mass is 10.2. The molecule has 0 heterocycles. The van der Waals surface area contributed by atoms with Crippen molar-refractivity contribution in [3.63, 3.8) is 0 Å². The molecule has 5 N–H and O–H groups in total. The summed E-state index contributed by atoms with van der Waals surface area (Å²) < 4.78 is 15.0. The van der Waals surface area contributed by atoms with Crippen molar-refractivity contribution in [3.05, 3.63) is 48.5 Å². The average Bonchev–Trinajstić information content (AvgIpc) is 2.66. The van der Waals surface area contributed by atoms with Gasteiger partial charge in [0, 0.05) is 5.69 Å². The van der Waals surface area contributed by atoms with E-state index < -0.39 is 11.7 Å². The van der Waals surface area contributed by atoms with Crippen LogP contribution in [0.3, 0.4) is 0 Å². The molecule has 0 spiro atoms. The fraction of sp³-hybridized carbons (Fsp3) is 0.381. The summed E-state index contributed by atoms with van der Waals surface area (Å²) in [6, 6.07) is 14.5. The van der Waals surface area contributed by atoms with Crippen molar-refractivity contribution >= 4 is 29.9 Å². The Labute approximate surface area is 186 Å².